The molecule has 0 spiro atoms. The standard InChI is InChI=1S/C24H22N4O4S/c1-16-12-22(29)27-24(25-16)19-8-5-9-20(13-19)26-23(30)15-28(2)33(31,32)21-11-10-17-6-3-4-7-18(17)14-21/h3-14H,15H2,1-2H3,(H,26,30)(H,25,27,29). The number of aromatic amines is 1. The minimum atomic E-state index is -3.86. The van der Waals surface area contributed by atoms with Gasteiger partial charge >= 0.3 is 0 Å². The summed E-state index contributed by atoms with van der Waals surface area (Å²) in [6.07, 6.45) is 0. The van der Waals surface area contributed by atoms with Gasteiger partial charge in [-0.2, -0.15) is 4.31 Å². The molecule has 0 saturated heterocycles. The second-order valence-corrected chi connectivity index (χ2v) is 9.68. The lowest BCUT2D eigenvalue weighted by Crippen LogP contribution is -2.35. The van der Waals surface area contributed by atoms with Crippen molar-refractivity contribution in [3.8, 4) is 11.4 Å². The Morgan fingerprint density at radius 1 is 1.00 bits per heavy atom. The topological polar surface area (TPSA) is 112 Å². The molecule has 1 amide bonds. The highest BCUT2D eigenvalue weighted by Gasteiger charge is 2.23. The van der Waals surface area contributed by atoms with Crippen LogP contribution in [-0.2, 0) is 14.8 Å². The van der Waals surface area contributed by atoms with Crippen LogP contribution < -0.4 is 10.9 Å². The molecule has 1 aromatic heterocycles. The highest BCUT2D eigenvalue weighted by atomic mass is 32.2. The first-order valence-corrected chi connectivity index (χ1v) is 11.6. The molecule has 8 nitrogen and oxygen atoms in total. The first kappa shape index (κ1) is 22.4. The van der Waals surface area contributed by atoms with Crippen LogP contribution in [0.15, 0.2) is 82.5 Å². The number of likely N-dealkylation sites (N-methyl/N-ethyl adjacent to an activating group) is 1. The highest BCUT2D eigenvalue weighted by molar-refractivity contribution is 7.89. The molecule has 0 aliphatic carbocycles. The molecule has 0 bridgehead atoms. The van der Waals surface area contributed by atoms with E-state index in [4.69, 9.17) is 0 Å². The zero-order valence-corrected chi connectivity index (χ0v) is 18.9. The minimum absolute atomic E-state index is 0.118. The van der Waals surface area contributed by atoms with E-state index in [0.29, 0.717) is 22.8 Å². The van der Waals surface area contributed by atoms with Crippen LogP contribution in [0.3, 0.4) is 0 Å². The lowest BCUT2D eigenvalue weighted by Gasteiger charge is -2.17. The summed E-state index contributed by atoms with van der Waals surface area (Å²) in [6.45, 7) is 1.36. The number of fused-ring (bicyclic) bond motifs is 1. The third-order valence-corrected chi connectivity index (χ3v) is 6.88. The number of hydrogen-bond acceptors (Lipinski definition) is 5. The zero-order chi connectivity index (χ0) is 23.6. The molecule has 0 atom stereocenters. The third-order valence-electron chi connectivity index (χ3n) is 5.08. The predicted molar refractivity (Wildman–Crippen MR) is 127 cm³/mol. The van der Waals surface area contributed by atoms with E-state index in [9.17, 15) is 18.0 Å². The monoisotopic (exact) mass is 462 g/mol. The molecular weight excluding hydrogens is 440 g/mol. The minimum Gasteiger partial charge on any atom is -0.325 e. The second kappa shape index (κ2) is 8.97. The van der Waals surface area contributed by atoms with Crippen molar-refractivity contribution in [1.29, 1.82) is 0 Å². The van der Waals surface area contributed by atoms with Gasteiger partial charge in [0.1, 0.15) is 5.82 Å². The second-order valence-electron chi connectivity index (χ2n) is 7.63. The number of anilines is 1. The molecule has 1 heterocycles. The number of hydrogen-bond donors (Lipinski definition) is 2. The van der Waals surface area contributed by atoms with Gasteiger partial charge in [-0.15, -0.1) is 0 Å². The Morgan fingerprint density at radius 2 is 1.76 bits per heavy atom. The number of benzene rings is 3. The molecule has 168 valence electrons. The van der Waals surface area contributed by atoms with Gasteiger partial charge in [0.2, 0.25) is 15.9 Å². The Kier molecular flexibility index (Phi) is 6.08. The van der Waals surface area contributed by atoms with E-state index in [1.54, 1.807) is 43.3 Å². The van der Waals surface area contributed by atoms with Gasteiger partial charge in [0.25, 0.3) is 5.56 Å². The van der Waals surface area contributed by atoms with Gasteiger partial charge in [0, 0.05) is 30.1 Å². The van der Waals surface area contributed by atoms with E-state index < -0.39 is 15.9 Å². The maximum Gasteiger partial charge on any atom is 0.251 e. The first-order valence-electron chi connectivity index (χ1n) is 10.2. The van der Waals surface area contributed by atoms with Gasteiger partial charge in [0.15, 0.2) is 0 Å². The Hall–Kier alpha value is -3.82. The van der Waals surface area contributed by atoms with E-state index in [1.807, 2.05) is 24.3 Å². The van der Waals surface area contributed by atoms with Crippen molar-refractivity contribution in [2.75, 3.05) is 18.9 Å². The number of sulfonamides is 1. The van der Waals surface area contributed by atoms with Crippen molar-refractivity contribution in [1.82, 2.24) is 14.3 Å². The van der Waals surface area contributed by atoms with E-state index in [-0.39, 0.29) is 17.0 Å². The number of aryl methyl sites for hydroxylation is 1. The SMILES string of the molecule is Cc1cc(=O)[nH]c(-c2cccc(NC(=O)CN(C)S(=O)(=O)c3ccc4ccccc4c3)c2)n1. The fourth-order valence-corrected chi connectivity index (χ4v) is 4.62. The largest absolute Gasteiger partial charge is 0.325 e. The summed E-state index contributed by atoms with van der Waals surface area (Å²) in [6, 6.07) is 20.5. The summed E-state index contributed by atoms with van der Waals surface area (Å²) in [7, 11) is -2.49. The number of H-pyrrole nitrogens is 1. The Bertz CT molecular complexity index is 1510. The maximum absolute atomic E-state index is 13.0. The fraction of sp³-hybridized carbons (Fsp3) is 0.125. The first-order chi connectivity index (χ1) is 15.7. The average molecular weight is 463 g/mol. The molecule has 9 heteroatoms. The fourth-order valence-electron chi connectivity index (χ4n) is 3.46. The summed E-state index contributed by atoms with van der Waals surface area (Å²) in [5, 5.41) is 4.43. The summed E-state index contributed by atoms with van der Waals surface area (Å²) >= 11 is 0. The molecule has 3 aromatic carbocycles. The average Bonchev–Trinajstić information content (AvgIpc) is 2.78. The smallest absolute Gasteiger partial charge is 0.251 e. The molecule has 0 aliphatic rings. The number of amides is 1. The normalized spacial score (nSPS) is 11.6. The van der Waals surface area contributed by atoms with Crippen LogP contribution >= 0.6 is 0 Å². The van der Waals surface area contributed by atoms with Crippen molar-refractivity contribution < 1.29 is 13.2 Å². The Morgan fingerprint density at radius 3 is 2.52 bits per heavy atom. The molecule has 0 radical (unpaired) electrons. The molecule has 4 aromatic rings. The third kappa shape index (κ3) is 5.00. The summed E-state index contributed by atoms with van der Waals surface area (Å²) in [5.74, 6) is -0.114. The van der Waals surface area contributed by atoms with Crippen molar-refractivity contribution in [2.45, 2.75) is 11.8 Å². The number of nitrogens with one attached hydrogen (secondary N) is 2. The highest BCUT2D eigenvalue weighted by Crippen LogP contribution is 2.22. The Labute approximate surface area is 191 Å². The van der Waals surface area contributed by atoms with Crippen molar-refractivity contribution >= 4 is 32.4 Å². The van der Waals surface area contributed by atoms with Crippen LogP contribution in [0.4, 0.5) is 5.69 Å². The molecular formula is C24H22N4O4S. The van der Waals surface area contributed by atoms with Crippen LogP contribution in [-0.4, -0.2) is 42.2 Å². The van der Waals surface area contributed by atoms with Gasteiger partial charge in [-0.1, -0.05) is 42.5 Å². The molecule has 4 rings (SSSR count). The van der Waals surface area contributed by atoms with E-state index in [2.05, 4.69) is 15.3 Å². The van der Waals surface area contributed by atoms with Crippen molar-refractivity contribution in [3.05, 3.63) is 88.8 Å². The van der Waals surface area contributed by atoms with Gasteiger partial charge in [0.05, 0.1) is 11.4 Å². The van der Waals surface area contributed by atoms with Gasteiger partial charge in [-0.3, -0.25) is 9.59 Å². The lowest BCUT2D eigenvalue weighted by atomic mass is 10.1. The van der Waals surface area contributed by atoms with E-state index in [0.717, 1.165) is 15.1 Å². The number of carbonyl (C=O) groups is 1. The molecule has 2 N–H and O–H groups in total. The van der Waals surface area contributed by atoms with E-state index in [1.165, 1.54) is 19.2 Å². The number of aromatic nitrogens is 2. The van der Waals surface area contributed by atoms with Crippen molar-refractivity contribution in [2.24, 2.45) is 0 Å². The van der Waals surface area contributed by atoms with E-state index >= 15 is 0 Å². The molecule has 0 unspecified atom stereocenters. The quantitative estimate of drug-likeness (QED) is 0.457. The van der Waals surface area contributed by atoms with Crippen molar-refractivity contribution in [3.63, 3.8) is 0 Å². The predicted octanol–water partition coefficient (Wildman–Crippen LogP) is 3.16. The van der Waals surface area contributed by atoms with Crippen LogP contribution in [0.1, 0.15) is 5.69 Å². The van der Waals surface area contributed by atoms with Crippen LogP contribution in [0.5, 0.6) is 0 Å². The molecule has 0 saturated carbocycles. The number of carbonyl (C=O) groups excluding carboxylic acids is 1. The summed E-state index contributed by atoms with van der Waals surface area (Å²) in [4.78, 5) is 31.4. The zero-order valence-electron chi connectivity index (χ0n) is 18.1. The molecule has 0 aliphatic heterocycles. The van der Waals surface area contributed by atoms with Gasteiger partial charge in [-0.05, 0) is 42.0 Å². The number of nitrogens with zero attached hydrogens (tertiary/aromatic N) is 2. The molecule has 0 fully saturated rings. The van der Waals surface area contributed by atoms with Crippen LogP contribution in [0.2, 0.25) is 0 Å². The molecule has 33 heavy (non-hydrogen) atoms. The van der Waals surface area contributed by atoms with Crippen LogP contribution in [0.25, 0.3) is 22.2 Å². The maximum atomic E-state index is 13.0. The summed E-state index contributed by atoms with van der Waals surface area (Å²) < 4.78 is 27.0. The number of rotatable bonds is 6. The summed E-state index contributed by atoms with van der Waals surface area (Å²) in [5.41, 5.74) is 1.38. The van der Waals surface area contributed by atoms with Gasteiger partial charge in [-0.25, -0.2) is 13.4 Å². The van der Waals surface area contributed by atoms with Crippen LogP contribution in [0, 0.1) is 6.92 Å². The van der Waals surface area contributed by atoms with Gasteiger partial charge < -0.3 is 10.3 Å². The lowest BCUT2D eigenvalue weighted by molar-refractivity contribution is -0.116. The Balaban J connectivity index is 1.49.